The fourth-order valence-corrected chi connectivity index (χ4v) is 4.84. The second kappa shape index (κ2) is 11.1. The molecule has 0 aliphatic carbocycles. The second-order valence-corrected chi connectivity index (χ2v) is 9.03. The van der Waals surface area contributed by atoms with Crippen LogP contribution in [0.25, 0.3) is 10.8 Å². The number of benzene rings is 3. The van der Waals surface area contributed by atoms with Crippen LogP contribution < -0.4 is 5.56 Å². The van der Waals surface area contributed by atoms with Crippen molar-refractivity contribution < 1.29 is 8.78 Å². The van der Waals surface area contributed by atoms with Crippen LogP contribution in [-0.2, 0) is 13.0 Å². The van der Waals surface area contributed by atoms with Crippen molar-refractivity contribution in [3.8, 4) is 0 Å². The van der Waals surface area contributed by atoms with Gasteiger partial charge in [-0.25, -0.2) is 13.5 Å². The quantitative estimate of drug-likeness (QED) is 0.345. The first-order valence-corrected chi connectivity index (χ1v) is 11.8. The molecule has 1 saturated heterocycles. The number of aromatic nitrogens is 2. The average Bonchev–Trinajstić information content (AvgIpc) is 3.09. The van der Waals surface area contributed by atoms with E-state index in [0.29, 0.717) is 11.8 Å². The molecule has 182 valence electrons. The van der Waals surface area contributed by atoms with E-state index in [2.05, 4.69) is 4.90 Å². The van der Waals surface area contributed by atoms with Crippen LogP contribution >= 0.6 is 12.4 Å². The van der Waals surface area contributed by atoms with Crippen molar-refractivity contribution in [2.75, 3.05) is 13.1 Å². The molecule has 7 heteroatoms. The van der Waals surface area contributed by atoms with Gasteiger partial charge in [0, 0.05) is 24.9 Å². The Hall–Kier alpha value is -3.09. The van der Waals surface area contributed by atoms with E-state index < -0.39 is 0 Å². The topological polar surface area (TPSA) is 38.1 Å². The number of hydrogen-bond acceptors (Lipinski definition) is 3. The van der Waals surface area contributed by atoms with Gasteiger partial charge in [-0.15, -0.1) is 12.4 Å². The molecule has 5 rings (SSSR count). The maximum Gasteiger partial charge on any atom is 0.274 e. The zero-order chi connectivity index (χ0) is 23.5. The molecule has 1 unspecified atom stereocenters. The van der Waals surface area contributed by atoms with Gasteiger partial charge >= 0.3 is 0 Å². The summed E-state index contributed by atoms with van der Waals surface area (Å²) in [6, 6.07) is 20.7. The molecule has 1 aliphatic rings. The van der Waals surface area contributed by atoms with E-state index in [9.17, 15) is 13.6 Å². The SMILES string of the molecule is Cl.O=c1c2ccccc2c(Cc2ccc(F)cc2)nn1C1CCCN(Cc2ccc(F)cc2)CC1. The van der Waals surface area contributed by atoms with Gasteiger partial charge in [0.05, 0.1) is 17.1 Å². The van der Waals surface area contributed by atoms with Gasteiger partial charge < -0.3 is 0 Å². The number of halogens is 3. The Kier molecular flexibility index (Phi) is 7.93. The Morgan fingerprint density at radius 2 is 1.43 bits per heavy atom. The Morgan fingerprint density at radius 3 is 2.11 bits per heavy atom. The maximum absolute atomic E-state index is 13.4. The molecule has 3 aromatic carbocycles. The lowest BCUT2D eigenvalue weighted by molar-refractivity contribution is 0.270. The summed E-state index contributed by atoms with van der Waals surface area (Å²) in [5, 5.41) is 6.37. The lowest BCUT2D eigenvalue weighted by atomic mass is 10.0. The molecule has 0 N–H and O–H groups in total. The predicted octanol–water partition coefficient (Wildman–Crippen LogP) is 5.91. The van der Waals surface area contributed by atoms with Crippen LogP contribution in [-0.4, -0.2) is 27.8 Å². The molecule has 0 bridgehead atoms. The fourth-order valence-electron chi connectivity index (χ4n) is 4.84. The van der Waals surface area contributed by atoms with Crippen LogP contribution in [0.3, 0.4) is 0 Å². The molecule has 2 heterocycles. The zero-order valence-electron chi connectivity index (χ0n) is 19.4. The summed E-state index contributed by atoms with van der Waals surface area (Å²) in [6.07, 6.45) is 3.19. The monoisotopic (exact) mass is 495 g/mol. The molecule has 0 amide bonds. The first-order valence-electron chi connectivity index (χ1n) is 11.8. The highest BCUT2D eigenvalue weighted by molar-refractivity contribution is 5.85. The molecule has 4 aromatic rings. The van der Waals surface area contributed by atoms with Gasteiger partial charge in [-0.3, -0.25) is 9.69 Å². The van der Waals surface area contributed by atoms with Crippen molar-refractivity contribution in [1.82, 2.24) is 14.7 Å². The van der Waals surface area contributed by atoms with Gasteiger partial charge in [0.15, 0.2) is 0 Å². The molecule has 1 aromatic heterocycles. The number of rotatable bonds is 5. The summed E-state index contributed by atoms with van der Waals surface area (Å²) in [7, 11) is 0. The van der Waals surface area contributed by atoms with Crippen molar-refractivity contribution in [2.45, 2.75) is 38.3 Å². The lowest BCUT2D eigenvalue weighted by Gasteiger charge is -2.21. The van der Waals surface area contributed by atoms with Gasteiger partial charge in [0.1, 0.15) is 11.6 Å². The van der Waals surface area contributed by atoms with Crippen molar-refractivity contribution in [3.05, 3.63) is 112 Å². The molecule has 4 nitrogen and oxygen atoms in total. The molecular weight excluding hydrogens is 468 g/mol. The molecule has 0 saturated carbocycles. The first kappa shape index (κ1) is 25.0. The largest absolute Gasteiger partial charge is 0.299 e. The van der Waals surface area contributed by atoms with Crippen molar-refractivity contribution in [1.29, 1.82) is 0 Å². The molecule has 0 radical (unpaired) electrons. The van der Waals surface area contributed by atoms with Crippen LogP contribution in [0.15, 0.2) is 77.6 Å². The van der Waals surface area contributed by atoms with E-state index in [1.165, 1.54) is 24.3 Å². The minimum Gasteiger partial charge on any atom is -0.299 e. The van der Waals surface area contributed by atoms with Crippen LogP contribution in [0.4, 0.5) is 8.78 Å². The minimum atomic E-state index is -0.268. The maximum atomic E-state index is 13.4. The zero-order valence-corrected chi connectivity index (χ0v) is 20.2. The number of likely N-dealkylation sites (tertiary alicyclic amines) is 1. The van der Waals surface area contributed by atoms with Crippen LogP contribution in [0.2, 0.25) is 0 Å². The standard InChI is InChI=1S/C28H27F2N3O.ClH/c29-22-11-7-20(8-12-22)18-27-25-5-1-2-6-26(25)28(34)33(31-27)24-4-3-16-32(17-15-24)19-21-9-13-23(30)14-10-21;/h1-2,5-14,24H,3-4,15-19H2;1H. The van der Waals surface area contributed by atoms with E-state index in [4.69, 9.17) is 5.10 Å². The van der Waals surface area contributed by atoms with Gasteiger partial charge in [0.25, 0.3) is 5.56 Å². The third-order valence-corrected chi connectivity index (χ3v) is 6.65. The van der Waals surface area contributed by atoms with Crippen LogP contribution in [0.5, 0.6) is 0 Å². The predicted molar refractivity (Wildman–Crippen MR) is 137 cm³/mol. The fraction of sp³-hybridized carbons (Fsp3) is 0.286. The molecule has 0 spiro atoms. The number of fused-ring (bicyclic) bond motifs is 1. The number of nitrogens with zero attached hydrogens (tertiary/aromatic N) is 3. The summed E-state index contributed by atoms with van der Waals surface area (Å²) in [6.45, 7) is 2.54. The highest BCUT2D eigenvalue weighted by Gasteiger charge is 2.22. The summed E-state index contributed by atoms with van der Waals surface area (Å²) in [5.74, 6) is -0.493. The van der Waals surface area contributed by atoms with Gasteiger partial charge in [-0.05, 0) is 67.3 Å². The van der Waals surface area contributed by atoms with Gasteiger partial charge in [-0.2, -0.15) is 5.10 Å². The van der Waals surface area contributed by atoms with Crippen LogP contribution in [0, 0.1) is 11.6 Å². The summed E-state index contributed by atoms with van der Waals surface area (Å²) >= 11 is 0. The van der Waals surface area contributed by atoms with E-state index >= 15 is 0 Å². The van der Waals surface area contributed by atoms with E-state index in [1.54, 1.807) is 16.8 Å². The Bertz CT molecular complexity index is 1340. The van der Waals surface area contributed by atoms with Gasteiger partial charge in [0.2, 0.25) is 0 Å². The Labute approximate surface area is 209 Å². The highest BCUT2D eigenvalue weighted by Crippen LogP contribution is 2.24. The Balaban J connectivity index is 0.00000289. The van der Waals surface area contributed by atoms with Crippen LogP contribution in [0.1, 0.15) is 42.1 Å². The Morgan fingerprint density at radius 1 is 0.800 bits per heavy atom. The van der Waals surface area contributed by atoms with E-state index in [1.807, 2.05) is 36.4 Å². The van der Waals surface area contributed by atoms with Crippen molar-refractivity contribution in [3.63, 3.8) is 0 Å². The van der Waals surface area contributed by atoms with E-state index in [-0.39, 0.29) is 35.6 Å². The summed E-state index contributed by atoms with van der Waals surface area (Å²) in [5.41, 5.74) is 2.81. The third kappa shape index (κ3) is 5.77. The van der Waals surface area contributed by atoms with Gasteiger partial charge in [-0.1, -0.05) is 42.5 Å². The normalized spacial score (nSPS) is 16.6. The molecule has 35 heavy (non-hydrogen) atoms. The van der Waals surface area contributed by atoms with E-state index in [0.717, 1.165) is 61.1 Å². The smallest absolute Gasteiger partial charge is 0.274 e. The summed E-state index contributed by atoms with van der Waals surface area (Å²) < 4.78 is 28.3. The first-order chi connectivity index (χ1) is 16.6. The third-order valence-electron chi connectivity index (χ3n) is 6.65. The minimum absolute atomic E-state index is 0. The number of hydrogen-bond donors (Lipinski definition) is 0. The molecule has 1 aliphatic heterocycles. The second-order valence-electron chi connectivity index (χ2n) is 9.03. The van der Waals surface area contributed by atoms with Crippen molar-refractivity contribution in [2.24, 2.45) is 0 Å². The molecule has 1 atom stereocenters. The highest BCUT2D eigenvalue weighted by atomic mass is 35.5. The van der Waals surface area contributed by atoms with Crippen molar-refractivity contribution >= 4 is 23.2 Å². The average molecular weight is 496 g/mol. The lowest BCUT2D eigenvalue weighted by Crippen LogP contribution is -2.30. The molecule has 1 fully saturated rings. The summed E-state index contributed by atoms with van der Waals surface area (Å²) in [4.78, 5) is 15.8. The molecular formula is C28H28ClF2N3O.